The molecule has 0 saturated heterocycles. The first kappa shape index (κ1) is 12.1. The number of nitrogen functional groups attached to an aromatic ring is 1. The Hall–Kier alpha value is -1.32. The molecule has 0 aliphatic heterocycles. The molecular formula is C13H21N3O. The van der Waals surface area contributed by atoms with E-state index in [1.165, 1.54) is 25.7 Å². The van der Waals surface area contributed by atoms with Gasteiger partial charge in [0.1, 0.15) is 11.6 Å². The minimum absolute atomic E-state index is 0.0563. The van der Waals surface area contributed by atoms with E-state index in [1.54, 1.807) is 0 Å². The molecule has 1 aliphatic carbocycles. The van der Waals surface area contributed by atoms with E-state index in [1.807, 2.05) is 6.92 Å². The molecule has 0 aromatic carbocycles. The normalized spacial score (nSPS) is 17.9. The van der Waals surface area contributed by atoms with Crippen molar-refractivity contribution in [3.63, 3.8) is 0 Å². The van der Waals surface area contributed by atoms with Crippen molar-refractivity contribution in [1.29, 1.82) is 0 Å². The number of aromatic nitrogens is 2. The summed E-state index contributed by atoms with van der Waals surface area (Å²) in [7, 11) is 0. The lowest BCUT2D eigenvalue weighted by molar-refractivity contribution is 0.558. The van der Waals surface area contributed by atoms with Gasteiger partial charge in [0.15, 0.2) is 0 Å². The molecule has 1 aromatic rings. The van der Waals surface area contributed by atoms with Gasteiger partial charge in [0.25, 0.3) is 5.56 Å². The van der Waals surface area contributed by atoms with Crippen molar-refractivity contribution < 1.29 is 0 Å². The Kier molecular flexibility index (Phi) is 3.82. The first-order chi connectivity index (χ1) is 8.22. The fourth-order valence-electron chi connectivity index (χ4n) is 2.62. The number of H-pyrrole nitrogens is 1. The molecule has 0 amide bonds. The molecule has 2 rings (SSSR count). The van der Waals surface area contributed by atoms with Crippen LogP contribution in [0.5, 0.6) is 0 Å². The summed E-state index contributed by atoms with van der Waals surface area (Å²) in [5.41, 5.74) is 6.40. The summed E-state index contributed by atoms with van der Waals surface area (Å²) in [4.78, 5) is 19.2. The molecule has 0 unspecified atom stereocenters. The van der Waals surface area contributed by atoms with Crippen molar-refractivity contribution >= 4 is 5.82 Å². The lowest BCUT2D eigenvalue weighted by atomic mass is 9.99. The van der Waals surface area contributed by atoms with Crippen molar-refractivity contribution in [2.24, 2.45) is 0 Å². The molecule has 0 radical (unpaired) electrons. The molecule has 4 nitrogen and oxygen atoms in total. The second-order valence-electron chi connectivity index (χ2n) is 4.86. The summed E-state index contributed by atoms with van der Waals surface area (Å²) < 4.78 is 0. The highest BCUT2D eigenvalue weighted by Gasteiger charge is 2.18. The summed E-state index contributed by atoms with van der Waals surface area (Å²) in [6, 6.07) is 0. The molecule has 0 atom stereocenters. The molecule has 4 heteroatoms. The first-order valence-corrected chi connectivity index (χ1v) is 6.61. The monoisotopic (exact) mass is 235 g/mol. The molecule has 1 aliphatic rings. The fraction of sp³-hybridized carbons (Fsp3) is 0.692. The number of nitrogens with zero attached hydrogens (tertiary/aromatic N) is 1. The first-order valence-electron chi connectivity index (χ1n) is 6.61. The minimum Gasteiger partial charge on any atom is -0.383 e. The number of aromatic amines is 1. The Morgan fingerprint density at radius 1 is 1.29 bits per heavy atom. The summed E-state index contributed by atoms with van der Waals surface area (Å²) in [6.45, 7) is 1.92. The second kappa shape index (κ2) is 5.34. The van der Waals surface area contributed by atoms with Crippen LogP contribution in [0.25, 0.3) is 0 Å². The van der Waals surface area contributed by atoms with E-state index in [0.717, 1.165) is 18.7 Å². The van der Waals surface area contributed by atoms with Gasteiger partial charge in [0.2, 0.25) is 0 Å². The van der Waals surface area contributed by atoms with Crippen molar-refractivity contribution in [2.75, 3.05) is 5.73 Å². The third-order valence-electron chi connectivity index (χ3n) is 3.66. The van der Waals surface area contributed by atoms with Crippen molar-refractivity contribution in [1.82, 2.24) is 9.97 Å². The maximum Gasteiger partial charge on any atom is 0.256 e. The SMILES string of the molecule is CCc1c(N)nc(C2CCCCCC2)[nH]c1=O. The summed E-state index contributed by atoms with van der Waals surface area (Å²) >= 11 is 0. The molecule has 1 heterocycles. The molecule has 1 aromatic heterocycles. The topological polar surface area (TPSA) is 71.8 Å². The van der Waals surface area contributed by atoms with Crippen LogP contribution in [0.4, 0.5) is 5.82 Å². The highest BCUT2D eigenvalue weighted by Crippen LogP contribution is 2.29. The van der Waals surface area contributed by atoms with Crippen LogP contribution in [-0.4, -0.2) is 9.97 Å². The Labute approximate surface area is 102 Å². The molecule has 0 spiro atoms. The highest BCUT2D eigenvalue weighted by atomic mass is 16.1. The van der Waals surface area contributed by atoms with Gasteiger partial charge in [0.05, 0.1) is 5.56 Å². The second-order valence-corrected chi connectivity index (χ2v) is 4.86. The van der Waals surface area contributed by atoms with Gasteiger partial charge >= 0.3 is 0 Å². The third-order valence-corrected chi connectivity index (χ3v) is 3.66. The van der Waals surface area contributed by atoms with Gasteiger partial charge < -0.3 is 10.7 Å². The quantitative estimate of drug-likeness (QED) is 0.773. The van der Waals surface area contributed by atoms with Crippen molar-refractivity contribution in [3.05, 3.63) is 21.7 Å². The fourth-order valence-corrected chi connectivity index (χ4v) is 2.62. The third kappa shape index (κ3) is 2.68. The van der Waals surface area contributed by atoms with Crippen molar-refractivity contribution in [2.45, 2.75) is 57.8 Å². The van der Waals surface area contributed by atoms with E-state index in [4.69, 9.17) is 5.73 Å². The Morgan fingerprint density at radius 2 is 1.94 bits per heavy atom. The lowest BCUT2D eigenvalue weighted by Gasteiger charge is -2.14. The number of anilines is 1. The van der Waals surface area contributed by atoms with Crippen LogP contribution in [0.15, 0.2) is 4.79 Å². The largest absolute Gasteiger partial charge is 0.383 e. The Balaban J connectivity index is 2.29. The van der Waals surface area contributed by atoms with E-state index in [-0.39, 0.29) is 5.56 Å². The zero-order chi connectivity index (χ0) is 12.3. The zero-order valence-corrected chi connectivity index (χ0v) is 10.5. The maximum atomic E-state index is 11.8. The highest BCUT2D eigenvalue weighted by molar-refractivity contribution is 5.37. The maximum absolute atomic E-state index is 11.8. The van der Waals surface area contributed by atoms with Gasteiger partial charge in [0, 0.05) is 5.92 Å². The number of hydrogen-bond donors (Lipinski definition) is 2. The summed E-state index contributed by atoms with van der Waals surface area (Å²) in [5, 5.41) is 0. The number of nitrogens with one attached hydrogen (secondary N) is 1. The van der Waals surface area contributed by atoms with Crippen LogP contribution >= 0.6 is 0 Å². The van der Waals surface area contributed by atoms with Crippen molar-refractivity contribution in [3.8, 4) is 0 Å². The molecule has 94 valence electrons. The van der Waals surface area contributed by atoms with Crippen LogP contribution in [0.2, 0.25) is 0 Å². The van der Waals surface area contributed by atoms with E-state index in [0.29, 0.717) is 23.7 Å². The number of rotatable bonds is 2. The van der Waals surface area contributed by atoms with Crippen LogP contribution < -0.4 is 11.3 Å². The van der Waals surface area contributed by atoms with E-state index >= 15 is 0 Å². The summed E-state index contributed by atoms with van der Waals surface area (Å²) in [6.07, 6.45) is 7.92. The Bertz CT molecular complexity index is 431. The molecular weight excluding hydrogens is 214 g/mol. The summed E-state index contributed by atoms with van der Waals surface area (Å²) in [5.74, 6) is 1.60. The van der Waals surface area contributed by atoms with E-state index < -0.39 is 0 Å². The van der Waals surface area contributed by atoms with Gasteiger partial charge in [-0.25, -0.2) is 4.98 Å². The molecule has 3 N–H and O–H groups in total. The van der Waals surface area contributed by atoms with Gasteiger partial charge in [-0.1, -0.05) is 32.6 Å². The molecule has 0 bridgehead atoms. The van der Waals surface area contributed by atoms with Gasteiger partial charge in [-0.3, -0.25) is 4.79 Å². The molecule has 1 fully saturated rings. The van der Waals surface area contributed by atoms with Gasteiger partial charge in [-0.05, 0) is 19.3 Å². The van der Waals surface area contributed by atoms with Crippen LogP contribution in [0.3, 0.4) is 0 Å². The van der Waals surface area contributed by atoms with Gasteiger partial charge in [-0.15, -0.1) is 0 Å². The smallest absolute Gasteiger partial charge is 0.256 e. The van der Waals surface area contributed by atoms with Crippen LogP contribution in [-0.2, 0) is 6.42 Å². The standard InChI is InChI=1S/C13H21N3O/c1-2-10-11(14)15-12(16-13(10)17)9-7-5-3-4-6-8-9/h9H,2-8H2,1H3,(H3,14,15,16,17). The average molecular weight is 235 g/mol. The lowest BCUT2D eigenvalue weighted by Crippen LogP contribution is -2.21. The van der Waals surface area contributed by atoms with E-state index in [9.17, 15) is 4.79 Å². The predicted octanol–water partition coefficient (Wildman–Crippen LogP) is 2.35. The van der Waals surface area contributed by atoms with Crippen LogP contribution in [0.1, 0.15) is 62.8 Å². The Morgan fingerprint density at radius 3 is 2.47 bits per heavy atom. The van der Waals surface area contributed by atoms with Crippen LogP contribution in [0, 0.1) is 0 Å². The molecule has 17 heavy (non-hydrogen) atoms. The number of nitrogens with two attached hydrogens (primary N) is 1. The van der Waals surface area contributed by atoms with Gasteiger partial charge in [-0.2, -0.15) is 0 Å². The average Bonchev–Trinajstić information content (AvgIpc) is 2.57. The minimum atomic E-state index is -0.0563. The molecule has 1 saturated carbocycles. The van der Waals surface area contributed by atoms with E-state index in [2.05, 4.69) is 9.97 Å². The predicted molar refractivity (Wildman–Crippen MR) is 69.1 cm³/mol. The number of hydrogen-bond acceptors (Lipinski definition) is 3. The zero-order valence-electron chi connectivity index (χ0n) is 10.5.